The van der Waals surface area contributed by atoms with Crippen LogP contribution < -0.4 is 10.1 Å². The van der Waals surface area contributed by atoms with E-state index < -0.39 is 0 Å². The number of methoxy groups -OCH3 is 1. The van der Waals surface area contributed by atoms with Gasteiger partial charge in [-0.3, -0.25) is 4.79 Å². The molecule has 0 aliphatic carbocycles. The lowest BCUT2D eigenvalue weighted by Gasteiger charge is -2.20. The third-order valence-corrected chi connectivity index (χ3v) is 3.44. The van der Waals surface area contributed by atoms with Gasteiger partial charge in [-0.2, -0.15) is 0 Å². The molecule has 0 bridgehead atoms. The Bertz CT molecular complexity index is 687. The maximum Gasteiger partial charge on any atom is 0.255 e. The average molecular weight is 299 g/mol. The highest BCUT2D eigenvalue weighted by Gasteiger charge is 2.17. The first-order valence-corrected chi connectivity index (χ1v) is 7.10. The highest BCUT2D eigenvalue weighted by atomic mass is 16.5. The second kappa shape index (κ2) is 6.10. The zero-order chi connectivity index (χ0) is 16.3. The van der Waals surface area contributed by atoms with Crippen LogP contribution in [0.2, 0.25) is 0 Å². The number of nitrogens with one attached hydrogen (secondary N) is 1. The van der Waals surface area contributed by atoms with E-state index in [0.29, 0.717) is 17.0 Å². The molecule has 0 aliphatic rings. The number of amides is 1. The minimum Gasteiger partial charge on any atom is -0.506 e. The SMILES string of the molecule is COc1cccc(C(=O)Nc2cc(C(C)(C)C)ccc2O)c1. The van der Waals surface area contributed by atoms with Gasteiger partial charge in [0.2, 0.25) is 0 Å². The first kappa shape index (κ1) is 15.9. The lowest BCUT2D eigenvalue weighted by molar-refractivity contribution is 0.102. The van der Waals surface area contributed by atoms with Gasteiger partial charge < -0.3 is 15.2 Å². The van der Waals surface area contributed by atoms with Crippen LogP contribution in [0.25, 0.3) is 0 Å². The van der Waals surface area contributed by atoms with Crippen LogP contribution in [0, 0.1) is 0 Å². The van der Waals surface area contributed by atoms with Gasteiger partial charge >= 0.3 is 0 Å². The number of rotatable bonds is 3. The molecule has 116 valence electrons. The molecule has 0 radical (unpaired) electrons. The molecule has 2 aromatic rings. The van der Waals surface area contributed by atoms with Gasteiger partial charge in [0.15, 0.2) is 0 Å². The lowest BCUT2D eigenvalue weighted by Crippen LogP contribution is -2.15. The summed E-state index contributed by atoms with van der Waals surface area (Å²) in [5.41, 5.74) is 1.84. The molecule has 2 N–H and O–H groups in total. The number of hydrogen-bond donors (Lipinski definition) is 2. The van der Waals surface area contributed by atoms with E-state index in [1.54, 1.807) is 43.5 Å². The van der Waals surface area contributed by atoms with Gasteiger partial charge in [0, 0.05) is 5.56 Å². The molecule has 0 heterocycles. The standard InChI is InChI=1S/C18H21NO3/c1-18(2,3)13-8-9-16(20)15(11-13)19-17(21)12-6-5-7-14(10-12)22-4/h5-11,20H,1-4H3,(H,19,21). The molecule has 1 amide bonds. The number of phenols is 1. The fraction of sp³-hybridized carbons (Fsp3) is 0.278. The first-order valence-electron chi connectivity index (χ1n) is 7.10. The Balaban J connectivity index is 2.28. The van der Waals surface area contributed by atoms with Crippen LogP contribution in [0.3, 0.4) is 0 Å². The van der Waals surface area contributed by atoms with Crippen LogP contribution >= 0.6 is 0 Å². The summed E-state index contributed by atoms with van der Waals surface area (Å²) in [6.07, 6.45) is 0. The molecule has 0 fully saturated rings. The molecule has 0 unspecified atom stereocenters. The Labute approximate surface area is 130 Å². The van der Waals surface area contributed by atoms with Gasteiger partial charge in [0.05, 0.1) is 12.8 Å². The van der Waals surface area contributed by atoms with Gasteiger partial charge in [-0.05, 0) is 41.3 Å². The van der Waals surface area contributed by atoms with Crippen molar-refractivity contribution in [2.75, 3.05) is 12.4 Å². The number of phenolic OH excluding ortho intramolecular Hbond substituents is 1. The van der Waals surface area contributed by atoms with E-state index in [-0.39, 0.29) is 17.1 Å². The number of carbonyl (C=O) groups excluding carboxylic acids is 1. The second-order valence-electron chi connectivity index (χ2n) is 6.17. The Morgan fingerprint density at radius 1 is 1.14 bits per heavy atom. The summed E-state index contributed by atoms with van der Waals surface area (Å²) in [4.78, 5) is 12.3. The summed E-state index contributed by atoms with van der Waals surface area (Å²) >= 11 is 0. The van der Waals surface area contributed by atoms with E-state index in [4.69, 9.17) is 4.74 Å². The number of anilines is 1. The molecule has 0 saturated carbocycles. The molecule has 0 aromatic heterocycles. The molecule has 0 aliphatic heterocycles. The smallest absolute Gasteiger partial charge is 0.255 e. The predicted molar refractivity (Wildman–Crippen MR) is 87.8 cm³/mol. The highest BCUT2D eigenvalue weighted by Crippen LogP contribution is 2.31. The third-order valence-electron chi connectivity index (χ3n) is 3.44. The summed E-state index contributed by atoms with van der Waals surface area (Å²) in [6, 6.07) is 12.1. The van der Waals surface area contributed by atoms with Crippen LogP contribution in [0.1, 0.15) is 36.7 Å². The van der Waals surface area contributed by atoms with Gasteiger partial charge in [-0.15, -0.1) is 0 Å². The molecule has 0 atom stereocenters. The maximum atomic E-state index is 12.3. The fourth-order valence-corrected chi connectivity index (χ4v) is 2.06. The van der Waals surface area contributed by atoms with E-state index in [9.17, 15) is 9.90 Å². The predicted octanol–water partition coefficient (Wildman–Crippen LogP) is 3.95. The van der Waals surface area contributed by atoms with E-state index >= 15 is 0 Å². The minimum absolute atomic E-state index is 0.0456. The van der Waals surface area contributed by atoms with Crippen molar-refractivity contribution in [3.05, 3.63) is 53.6 Å². The summed E-state index contributed by atoms with van der Waals surface area (Å²) in [5.74, 6) is 0.366. The van der Waals surface area contributed by atoms with Crippen molar-refractivity contribution >= 4 is 11.6 Å². The van der Waals surface area contributed by atoms with Gasteiger partial charge in [-0.1, -0.05) is 32.9 Å². The van der Waals surface area contributed by atoms with Crippen LogP contribution in [-0.4, -0.2) is 18.1 Å². The Kier molecular flexibility index (Phi) is 4.40. The molecule has 2 rings (SSSR count). The average Bonchev–Trinajstić information content (AvgIpc) is 2.48. The van der Waals surface area contributed by atoms with E-state index in [1.165, 1.54) is 0 Å². The van der Waals surface area contributed by atoms with Crippen LogP contribution in [0.4, 0.5) is 5.69 Å². The van der Waals surface area contributed by atoms with E-state index in [2.05, 4.69) is 26.1 Å². The van der Waals surface area contributed by atoms with Gasteiger partial charge in [0.1, 0.15) is 11.5 Å². The highest BCUT2D eigenvalue weighted by molar-refractivity contribution is 6.05. The molecule has 4 nitrogen and oxygen atoms in total. The number of ether oxygens (including phenoxy) is 1. The Morgan fingerprint density at radius 2 is 1.86 bits per heavy atom. The monoisotopic (exact) mass is 299 g/mol. The molecular formula is C18H21NO3. The maximum absolute atomic E-state index is 12.3. The molecule has 0 saturated heterocycles. The Morgan fingerprint density at radius 3 is 2.50 bits per heavy atom. The molecule has 2 aromatic carbocycles. The van der Waals surface area contributed by atoms with Gasteiger partial charge in [0.25, 0.3) is 5.91 Å². The van der Waals surface area contributed by atoms with E-state index in [0.717, 1.165) is 5.56 Å². The van der Waals surface area contributed by atoms with Crippen molar-refractivity contribution in [1.29, 1.82) is 0 Å². The summed E-state index contributed by atoms with van der Waals surface area (Å²) in [5, 5.41) is 12.7. The quantitative estimate of drug-likeness (QED) is 0.844. The summed E-state index contributed by atoms with van der Waals surface area (Å²) in [6.45, 7) is 6.23. The van der Waals surface area contributed by atoms with Crippen LogP contribution in [0.5, 0.6) is 11.5 Å². The van der Waals surface area contributed by atoms with Gasteiger partial charge in [-0.25, -0.2) is 0 Å². The van der Waals surface area contributed by atoms with Crippen molar-refractivity contribution in [3.8, 4) is 11.5 Å². The molecule has 22 heavy (non-hydrogen) atoms. The van der Waals surface area contributed by atoms with Crippen molar-refractivity contribution in [2.45, 2.75) is 26.2 Å². The van der Waals surface area contributed by atoms with Crippen LogP contribution in [-0.2, 0) is 5.41 Å². The zero-order valence-corrected chi connectivity index (χ0v) is 13.3. The normalized spacial score (nSPS) is 11.1. The lowest BCUT2D eigenvalue weighted by atomic mass is 9.87. The Hall–Kier alpha value is -2.49. The molecule has 4 heteroatoms. The van der Waals surface area contributed by atoms with Crippen molar-refractivity contribution < 1.29 is 14.6 Å². The summed E-state index contributed by atoms with van der Waals surface area (Å²) in [7, 11) is 1.55. The van der Waals surface area contributed by atoms with Crippen molar-refractivity contribution in [2.24, 2.45) is 0 Å². The molecule has 0 spiro atoms. The zero-order valence-electron chi connectivity index (χ0n) is 13.3. The summed E-state index contributed by atoms with van der Waals surface area (Å²) < 4.78 is 5.11. The number of carbonyl (C=O) groups is 1. The van der Waals surface area contributed by atoms with Crippen molar-refractivity contribution in [3.63, 3.8) is 0 Å². The number of benzene rings is 2. The number of hydrogen-bond acceptors (Lipinski definition) is 3. The third kappa shape index (κ3) is 3.58. The topological polar surface area (TPSA) is 58.6 Å². The second-order valence-corrected chi connectivity index (χ2v) is 6.17. The first-order chi connectivity index (χ1) is 10.3. The van der Waals surface area contributed by atoms with Crippen molar-refractivity contribution in [1.82, 2.24) is 0 Å². The number of aromatic hydroxyl groups is 1. The van der Waals surface area contributed by atoms with E-state index in [1.807, 2.05) is 6.07 Å². The fourth-order valence-electron chi connectivity index (χ4n) is 2.06. The molecular weight excluding hydrogens is 278 g/mol. The minimum atomic E-state index is -0.291. The van der Waals surface area contributed by atoms with Crippen LogP contribution in [0.15, 0.2) is 42.5 Å². The largest absolute Gasteiger partial charge is 0.506 e.